The minimum Gasteiger partial charge on any atom is -0.382 e. The molecule has 0 aliphatic carbocycles. The van der Waals surface area contributed by atoms with Gasteiger partial charge in [0.25, 0.3) is 0 Å². The molecule has 0 saturated carbocycles. The summed E-state index contributed by atoms with van der Waals surface area (Å²) >= 11 is 0. The smallest absolute Gasteiger partial charge is 0.141 e. The summed E-state index contributed by atoms with van der Waals surface area (Å²) in [7, 11) is 0. The van der Waals surface area contributed by atoms with E-state index < -0.39 is 0 Å². The van der Waals surface area contributed by atoms with Crippen LogP contribution < -0.4 is 5.73 Å². The van der Waals surface area contributed by atoms with Gasteiger partial charge in [0.05, 0.1) is 24.7 Å². The average molecular weight is 209 g/mol. The summed E-state index contributed by atoms with van der Waals surface area (Å²) in [5.74, 6) is 1.05. The summed E-state index contributed by atoms with van der Waals surface area (Å²) < 4.78 is 5.53. The molecular weight excluding hydrogens is 190 g/mol. The van der Waals surface area contributed by atoms with E-state index in [1.807, 2.05) is 0 Å². The van der Waals surface area contributed by atoms with Crippen LogP contribution in [0.3, 0.4) is 0 Å². The van der Waals surface area contributed by atoms with Crippen molar-refractivity contribution in [3.63, 3.8) is 0 Å². The van der Waals surface area contributed by atoms with E-state index in [0.29, 0.717) is 18.3 Å². The predicted octanol–water partition coefficient (Wildman–Crippen LogP) is 2.01. The van der Waals surface area contributed by atoms with Gasteiger partial charge in [0.15, 0.2) is 0 Å². The van der Waals surface area contributed by atoms with Crippen molar-refractivity contribution in [3.05, 3.63) is 18.1 Å². The van der Waals surface area contributed by atoms with E-state index in [4.69, 9.17) is 10.5 Å². The van der Waals surface area contributed by atoms with Crippen LogP contribution in [0.4, 0.5) is 5.82 Å². The number of anilines is 1. The van der Waals surface area contributed by atoms with Crippen molar-refractivity contribution >= 4 is 5.82 Å². The lowest BCUT2D eigenvalue weighted by atomic mass is 10.1. The van der Waals surface area contributed by atoms with Gasteiger partial charge in [0.2, 0.25) is 0 Å². The van der Waals surface area contributed by atoms with E-state index in [2.05, 4.69) is 23.8 Å². The number of nitrogen functional groups attached to an aromatic ring is 1. The third-order valence-electron chi connectivity index (χ3n) is 2.16. The summed E-state index contributed by atoms with van der Waals surface area (Å²) in [4.78, 5) is 8.06. The fourth-order valence-corrected chi connectivity index (χ4v) is 1.38. The first-order valence-electron chi connectivity index (χ1n) is 5.36. The third-order valence-corrected chi connectivity index (χ3v) is 2.16. The Morgan fingerprint density at radius 2 is 2.20 bits per heavy atom. The van der Waals surface area contributed by atoms with Gasteiger partial charge in [0, 0.05) is 6.61 Å². The molecule has 0 radical (unpaired) electrons. The summed E-state index contributed by atoms with van der Waals surface area (Å²) in [6, 6.07) is 0. The monoisotopic (exact) mass is 209 g/mol. The Morgan fingerprint density at radius 1 is 1.40 bits per heavy atom. The second-order valence-electron chi connectivity index (χ2n) is 3.84. The molecule has 2 N–H and O–H groups in total. The highest BCUT2D eigenvalue weighted by atomic mass is 16.5. The zero-order valence-electron chi connectivity index (χ0n) is 9.44. The van der Waals surface area contributed by atoms with Crippen LogP contribution in [0, 0.1) is 5.92 Å². The van der Waals surface area contributed by atoms with Crippen LogP contribution in [0.15, 0.2) is 12.4 Å². The molecule has 1 atom stereocenters. The third kappa shape index (κ3) is 4.74. The Hall–Kier alpha value is -1.16. The van der Waals surface area contributed by atoms with Gasteiger partial charge < -0.3 is 10.5 Å². The van der Waals surface area contributed by atoms with E-state index in [1.165, 1.54) is 12.8 Å². The van der Waals surface area contributed by atoms with Crippen LogP contribution >= 0.6 is 0 Å². The first-order valence-corrected chi connectivity index (χ1v) is 5.36. The Balaban J connectivity index is 2.22. The molecule has 0 aliphatic rings. The normalized spacial score (nSPS) is 12.7. The first-order chi connectivity index (χ1) is 7.22. The minimum atomic E-state index is 0.443. The highest BCUT2D eigenvalue weighted by Crippen LogP contribution is 2.06. The molecule has 4 heteroatoms. The molecule has 1 rings (SSSR count). The van der Waals surface area contributed by atoms with E-state index in [1.54, 1.807) is 12.4 Å². The molecule has 0 fully saturated rings. The molecule has 0 saturated heterocycles. The van der Waals surface area contributed by atoms with Crippen LogP contribution in [0.25, 0.3) is 0 Å². The summed E-state index contributed by atoms with van der Waals surface area (Å²) in [5, 5.41) is 0. The topological polar surface area (TPSA) is 61.0 Å². The molecule has 1 aromatic heterocycles. The Morgan fingerprint density at radius 3 is 2.80 bits per heavy atom. The maximum Gasteiger partial charge on any atom is 0.141 e. The van der Waals surface area contributed by atoms with Gasteiger partial charge in [-0.1, -0.05) is 20.3 Å². The molecule has 0 amide bonds. The van der Waals surface area contributed by atoms with Crippen LogP contribution in [0.1, 0.15) is 32.4 Å². The molecule has 4 nitrogen and oxygen atoms in total. The number of aromatic nitrogens is 2. The number of hydrogen-bond donors (Lipinski definition) is 1. The Labute approximate surface area is 90.9 Å². The zero-order chi connectivity index (χ0) is 11.1. The second kappa shape index (κ2) is 6.35. The van der Waals surface area contributed by atoms with E-state index in [-0.39, 0.29) is 0 Å². The molecule has 0 aliphatic heterocycles. The molecule has 0 aromatic carbocycles. The maximum atomic E-state index is 5.53. The summed E-state index contributed by atoms with van der Waals surface area (Å²) in [6.07, 6.45) is 5.60. The molecule has 1 heterocycles. The molecule has 0 spiro atoms. The highest BCUT2D eigenvalue weighted by molar-refractivity contribution is 5.22. The van der Waals surface area contributed by atoms with Gasteiger partial charge in [-0.2, -0.15) is 0 Å². The molecular formula is C11H19N3O. The summed E-state index contributed by atoms with van der Waals surface area (Å²) in [6.45, 7) is 5.67. The van der Waals surface area contributed by atoms with Gasteiger partial charge in [-0.25, -0.2) is 4.98 Å². The molecule has 1 aromatic rings. The Bertz CT molecular complexity index is 274. The molecule has 0 bridgehead atoms. The fraction of sp³-hybridized carbons (Fsp3) is 0.636. The predicted molar refractivity (Wildman–Crippen MR) is 60.2 cm³/mol. The van der Waals surface area contributed by atoms with E-state index >= 15 is 0 Å². The number of hydrogen-bond acceptors (Lipinski definition) is 4. The highest BCUT2D eigenvalue weighted by Gasteiger charge is 2.01. The van der Waals surface area contributed by atoms with Gasteiger partial charge >= 0.3 is 0 Å². The van der Waals surface area contributed by atoms with Crippen LogP contribution in [-0.2, 0) is 11.3 Å². The minimum absolute atomic E-state index is 0.443. The van der Waals surface area contributed by atoms with E-state index in [0.717, 1.165) is 12.3 Å². The van der Waals surface area contributed by atoms with Crippen molar-refractivity contribution in [3.8, 4) is 0 Å². The standard InChI is InChI=1S/C11H19N3O/c1-3-4-9(2)7-15-8-10-5-14-11(12)6-13-10/h5-6,9H,3-4,7-8H2,1-2H3,(H2,12,14). The lowest BCUT2D eigenvalue weighted by Gasteiger charge is -2.10. The summed E-state index contributed by atoms with van der Waals surface area (Å²) in [5.41, 5.74) is 6.26. The van der Waals surface area contributed by atoms with Crippen LogP contribution in [0.2, 0.25) is 0 Å². The largest absolute Gasteiger partial charge is 0.382 e. The van der Waals surface area contributed by atoms with Gasteiger partial charge in [-0.05, 0) is 12.3 Å². The average Bonchev–Trinajstić information content (AvgIpc) is 2.21. The van der Waals surface area contributed by atoms with Gasteiger partial charge in [0.1, 0.15) is 5.82 Å². The molecule has 15 heavy (non-hydrogen) atoms. The quantitative estimate of drug-likeness (QED) is 0.778. The number of ether oxygens (including phenoxy) is 1. The van der Waals surface area contributed by atoms with Gasteiger partial charge in [-0.3, -0.25) is 4.98 Å². The van der Waals surface area contributed by atoms with Crippen LogP contribution in [-0.4, -0.2) is 16.6 Å². The lowest BCUT2D eigenvalue weighted by Crippen LogP contribution is -2.06. The van der Waals surface area contributed by atoms with Gasteiger partial charge in [-0.15, -0.1) is 0 Å². The second-order valence-corrected chi connectivity index (χ2v) is 3.84. The Kier molecular flexibility index (Phi) is 5.04. The number of nitrogens with zero attached hydrogens (tertiary/aromatic N) is 2. The number of nitrogens with two attached hydrogens (primary N) is 1. The van der Waals surface area contributed by atoms with E-state index in [9.17, 15) is 0 Å². The molecule has 84 valence electrons. The van der Waals surface area contributed by atoms with Crippen molar-refractivity contribution < 1.29 is 4.74 Å². The number of rotatable bonds is 6. The van der Waals surface area contributed by atoms with Crippen molar-refractivity contribution in [1.82, 2.24) is 9.97 Å². The first kappa shape index (κ1) is 11.9. The molecule has 1 unspecified atom stereocenters. The van der Waals surface area contributed by atoms with Crippen molar-refractivity contribution in [2.75, 3.05) is 12.3 Å². The maximum absolute atomic E-state index is 5.53. The zero-order valence-corrected chi connectivity index (χ0v) is 9.44. The lowest BCUT2D eigenvalue weighted by molar-refractivity contribution is 0.0870. The van der Waals surface area contributed by atoms with Crippen LogP contribution in [0.5, 0.6) is 0 Å². The van der Waals surface area contributed by atoms with Crippen molar-refractivity contribution in [1.29, 1.82) is 0 Å². The SMILES string of the molecule is CCCC(C)COCc1cnc(N)cn1. The van der Waals surface area contributed by atoms with Crippen molar-refractivity contribution in [2.24, 2.45) is 5.92 Å². The fourth-order valence-electron chi connectivity index (χ4n) is 1.38. The van der Waals surface area contributed by atoms with Crippen molar-refractivity contribution in [2.45, 2.75) is 33.3 Å².